The molecule has 0 aliphatic rings. The van der Waals surface area contributed by atoms with Crippen LogP contribution < -0.4 is 32.3 Å². The molecule has 298 valence electrons. The van der Waals surface area contributed by atoms with Crippen LogP contribution in [0, 0.1) is 23.7 Å². The summed E-state index contributed by atoms with van der Waals surface area (Å²) in [5.74, 6) is -4.59. The van der Waals surface area contributed by atoms with Crippen LogP contribution in [0.2, 0.25) is 0 Å². The fourth-order valence-corrected chi connectivity index (χ4v) is 6.02. The van der Waals surface area contributed by atoms with Crippen LogP contribution in [0.25, 0.3) is 0 Å². The summed E-state index contributed by atoms with van der Waals surface area (Å²) in [6.07, 6.45) is 1.02. The van der Waals surface area contributed by atoms with Crippen molar-refractivity contribution < 1.29 is 33.9 Å². The number of rotatable bonds is 22. The number of nitrogens with one attached hydrogen (secondary N) is 5. The lowest BCUT2D eigenvalue weighted by Gasteiger charge is -2.31. The summed E-state index contributed by atoms with van der Waals surface area (Å²) in [6.45, 7) is 14.5. The van der Waals surface area contributed by atoms with Gasteiger partial charge in [-0.05, 0) is 47.6 Å². The van der Waals surface area contributed by atoms with Crippen LogP contribution in [-0.4, -0.2) is 76.9 Å². The number of carbonyl (C=O) groups excluding carboxylic acids is 5. The highest BCUT2D eigenvalue weighted by Gasteiger charge is 2.34. The van der Waals surface area contributed by atoms with Crippen LogP contribution in [0.3, 0.4) is 0 Å². The van der Waals surface area contributed by atoms with Crippen molar-refractivity contribution in [2.24, 2.45) is 29.4 Å². The van der Waals surface area contributed by atoms with Gasteiger partial charge in [0.25, 0.3) is 0 Å². The van der Waals surface area contributed by atoms with Gasteiger partial charge >= 0.3 is 5.97 Å². The zero-order valence-corrected chi connectivity index (χ0v) is 33.1. The van der Waals surface area contributed by atoms with Gasteiger partial charge in [0.15, 0.2) is 0 Å². The highest BCUT2D eigenvalue weighted by Crippen LogP contribution is 2.14. The highest BCUT2D eigenvalue weighted by molar-refractivity contribution is 5.93. The number of carbonyl (C=O) groups is 6. The molecule has 0 fully saturated rings. The van der Waals surface area contributed by atoms with Crippen molar-refractivity contribution in [1.29, 1.82) is 0 Å². The normalized spacial score (nSPS) is 15.3. The van der Waals surface area contributed by atoms with Gasteiger partial charge in [-0.3, -0.25) is 24.0 Å². The summed E-state index contributed by atoms with van der Waals surface area (Å²) < 4.78 is 0. The van der Waals surface area contributed by atoms with Gasteiger partial charge in [0.2, 0.25) is 29.5 Å². The standard InChI is InChI=1S/C41H62N6O7/c1-9-27(8)37(40(52)47-36(26(6)7)41(53)54)45-34(49)23-30(42)31(21-28-16-12-10-13-17-28)44-39(51)35(25(4)5)46-38(50)32(20-24(2)3)43-33(48)22-29-18-14-11-15-19-29/h10-19,24-27,30-32,35-37H,9,20-23,42H2,1-8H3,(H,43,48)(H,44,51)(H,45,49)(H,46,50)(H,47,52)(H,53,54)/t27-,30-,31-,32-,35-,36-,37-/m0/s1. The SMILES string of the molecule is CC[C@H](C)[C@H](NC(=O)C[C@H](N)[C@H](Cc1ccccc1)NC(=O)[C@@H](NC(=O)[C@H](CC(C)C)NC(=O)Cc1ccccc1)C(C)C)C(=O)N[C@H](C(=O)O)C(C)C. The van der Waals surface area contributed by atoms with E-state index in [-0.39, 0.29) is 48.8 Å². The Labute approximate surface area is 320 Å². The van der Waals surface area contributed by atoms with E-state index in [0.29, 0.717) is 12.8 Å². The minimum Gasteiger partial charge on any atom is -0.480 e. The predicted octanol–water partition coefficient (Wildman–Crippen LogP) is 3.10. The molecule has 2 aromatic rings. The number of benzene rings is 2. The molecule has 0 unspecified atom stereocenters. The molecule has 13 heteroatoms. The molecule has 0 heterocycles. The fourth-order valence-electron chi connectivity index (χ4n) is 6.02. The second-order valence-corrected chi connectivity index (χ2v) is 15.3. The molecule has 2 aromatic carbocycles. The Morgan fingerprint density at radius 2 is 1.15 bits per heavy atom. The molecule has 0 aliphatic heterocycles. The monoisotopic (exact) mass is 750 g/mol. The minimum absolute atomic E-state index is 0.0725. The first-order valence-electron chi connectivity index (χ1n) is 19.0. The molecule has 54 heavy (non-hydrogen) atoms. The summed E-state index contributed by atoms with van der Waals surface area (Å²) in [5, 5.41) is 23.6. The van der Waals surface area contributed by atoms with Gasteiger partial charge < -0.3 is 37.4 Å². The van der Waals surface area contributed by atoms with Crippen LogP contribution in [0.4, 0.5) is 0 Å². The average Bonchev–Trinajstić information content (AvgIpc) is 3.10. The Hall–Kier alpha value is -4.78. The number of aliphatic carboxylic acids is 1. The maximum absolute atomic E-state index is 14.0. The Kier molecular flexibility index (Phi) is 18.9. The summed E-state index contributed by atoms with van der Waals surface area (Å²) in [5.41, 5.74) is 8.31. The molecule has 7 atom stereocenters. The largest absolute Gasteiger partial charge is 0.480 e. The van der Waals surface area contributed by atoms with Crippen LogP contribution in [0.5, 0.6) is 0 Å². The molecule has 13 nitrogen and oxygen atoms in total. The van der Waals surface area contributed by atoms with E-state index in [1.54, 1.807) is 34.6 Å². The van der Waals surface area contributed by atoms with Gasteiger partial charge in [0.05, 0.1) is 6.42 Å². The molecule has 0 saturated carbocycles. The summed E-state index contributed by atoms with van der Waals surface area (Å²) in [6, 6.07) is 12.8. The van der Waals surface area contributed by atoms with Crippen molar-refractivity contribution in [3.8, 4) is 0 Å². The molecule has 0 radical (unpaired) electrons. The van der Waals surface area contributed by atoms with E-state index in [1.807, 2.05) is 81.4 Å². The molecule has 0 aliphatic carbocycles. The van der Waals surface area contributed by atoms with Crippen LogP contribution in [0.15, 0.2) is 60.7 Å². The van der Waals surface area contributed by atoms with Crippen molar-refractivity contribution in [1.82, 2.24) is 26.6 Å². The van der Waals surface area contributed by atoms with Crippen molar-refractivity contribution in [3.63, 3.8) is 0 Å². The summed E-state index contributed by atoms with van der Waals surface area (Å²) >= 11 is 0. The number of hydrogen-bond acceptors (Lipinski definition) is 7. The molecular weight excluding hydrogens is 688 g/mol. The van der Waals surface area contributed by atoms with E-state index in [2.05, 4.69) is 26.6 Å². The summed E-state index contributed by atoms with van der Waals surface area (Å²) in [4.78, 5) is 79.0. The van der Waals surface area contributed by atoms with Gasteiger partial charge in [0.1, 0.15) is 24.2 Å². The Bertz CT molecular complexity index is 1520. The van der Waals surface area contributed by atoms with Gasteiger partial charge in [-0.15, -0.1) is 0 Å². The molecule has 0 aromatic heterocycles. The molecule has 5 amide bonds. The fraction of sp³-hybridized carbons (Fsp3) is 0.561. The average molecular weight is 751 g/mol. The van der Waals surface area contributed by atoms with Crippen molar-refractivity contribution in [3.05, 3.63) is 71.8 Å². The first kappa shape index (κ1) is 45.4. The topological polar surface area (TPSA) is 209 Å². The summed E-state index contributed by atoms with van der Waals surface area (Å²) in [7, 11) is 0. The maximum atomic E-state index is 14.0. The third-order valence-corrected chi connectivity index (χ3v) is 9.42. The van der Waals surface area contributed by atoms with Crippen LogP contribution in [-0.2, 0) is 41.6 Å². The quantitative estimate of drug-likeness (QED) is 0.0949. The molecule has 0 spiro atoms. The minimum atomic E-state index is -1.17. The number of nitrogens with two attached hydrogens (primary N) is 1. The molecule has 0 bridgehead atoms. The second kappa shape index (κ2) is 22.4. The van der Waals surface area contributed by atoms with Crippen LogP contribution in [0.1, 0.15) is 85.8 Å². The van der Waals surface area contributed by atoms with E-state index in [1.165, 1.54) is 0 Å². The lowest BCUT2D eigenvalue weighted by molar-refractivity contribution is -0.143. The van der Waals surface area contributed by atoms with E-state index >= 15 is 0 Å². The molecule has 2 rings (SSSR count). The van der Waals surface area contributed by atoms with Gasteiger partial charge in [0, 0.05) is 18.5 Å². The maximum Gasteiger partial charge on any atom is 0.326 e. The first-order chi connectivity index (χ1) is 25.4. The number of amides is 5. The zero-order chi connectivity index (χ0) is 40.5. The lowest BCUT2D eigenvalue weighted by Crippen LogP contribution is -2.60. The second-order valence-electron chi connectivity index (χ2n) is 15.3. The Morgan fingerprint density at radius 1 is 0.630 bits per heavy atom. The first-order valence-corrected chi connectivity index (χ1v) is 19.0. The van der Waals surface area contributed by atoms with E-state index < -0.39 is 65.8 Å². The van der Waals surface area contributed by atoms with Gasteiger partial charge in [-0.1, -0.05) is 122 Å². The van der Waals surface area contributed by atoms with Crippen molar-refractivity contribution >= 4 is 35.5 Å². The number of carboxylic acid groups (broad SMARTS) is 1. The number of hydrogen-bond donors (Lipinski definition) is 7. The lowest BCUT2D eigenvalue weighted by atomic mass is 9.94. The third kappa shape index (κ3) is 15.3. The Balaban J connectivity index is 2.25. The Morgan fingerprint density at radius 3 is 1.65 bits per heavy atom. The predicted molar refractivity (Wildman–Crippen MR) is 209 cm³/mol. The zero-order valence-electron chi connectivity index (χ0n) is 33.1. The number of carboxylic acids is 1. The smallest absolute Gasteiger partial charge is 0.326 e. The van der Waals surface area contributed by atoms with Gasteiger partial charge in [-0.2, -0.15) is 0 Å². The van der Waals surface area contributed by atoms with Crippen molar-refractivity contribution in [2.45, 2.75) is 124 Å². The van der Waals surface area contributed by atoms with Crippen molar-refractivity contribution in [2.75, 3.05) is 0 Å². The van der Waals surface area contributed by atoms with E-state index in [4.69, 9.17) is 5.73 Å². The van der Waals surface area contributed by atoms with Gasteiger partial charge in [-0.25, -0.2) is 4.79 Å². The molecular formula is C41H62N6O7. The van der Waals surface area contributed by atoms with Crippen LogP contribution >= 0.6 is 0 Å². The molecule has 0 saturated heterocycles. The van der Waals surface area contributed by atoms with E-state index in [9.17, 15) is 33.9 Å². The third-order valence-electron chi connectivity index (χ3n) is 9.42. The van der Waals surface area contributed by atoms with E-state index in [0.717, 1.165) is 11.1 Å². The molecule has 8 N–H and O–H groups in total. The highest BCUT2D eigenvalue weighted by atomic mass is 16.4.